The molecule has 1 aromatic rings. The van der Waals surface area contributed by atoms with Crippen LogP contribution in [0.2, 0.25) is 0 Å². The minimum Gasteiger partial charge on any atom is -0.314 e. The fraction of sp³-hybridized carbons (Fsp3) is 0.684. The summed E-state index contributed by atoms with van der Waals surface area (Å²) < 4.78 is 0. The van der Waals surface area contributed by atoms with Gasteiger partial charge in [0.05, 0.1) is 0 Å². The van der Waals surface area contributed by atoms with Gasteiger partial charge in [0, 0.05) is 6.04 Å². The van der Waals surface area contributed by atoms with Gasteiger partial charge in [-0.05, 0) is 62.5 Å². The Balaban J connectivity index is 1.85. The van der Waals surface area contributed by atoms with Crippen LogP contribution in [0.1, 0.15) is 70.3 Å². The summed E-state index contributed by atoms with van der Waals surface area (Å²) in [4.78, 5) is 0. The summed E-state index contributed by atoms with van der Waals surface area (Å²) >= 11 is 0. The van der Waals surface area contributed by atoms with Crippen molar-refractivity contribution in [2.75, 3.05) is 6.54 Å². The minimum atomic E-state index is 0.761. The van der Waals surface area contributed by atoms with Crippen LogP contribution in [0.25, 0.3) is 0 Å². The summed E-state index contributed by atoms with van der Waals surface area (Å²) in [5, 5.41) is 3.79. The third-order valence-corrected chi connectivity index (χ3v) is 4.87. The second kappa shape index (κ2) is 8.46. The first-order valence-electron chi connectivity index (χ1n) is 8.63. The predicted octanol–water partition coefficient (Wildman–Crippen LogP) is 5.13. The molecular formula is C19H31N. The van der Waals surface area contributed by atoms with Crippen LogP contribution < -0.4 is 5.32 Å². The molecule has 0 radical (unpaired) electrons. The molecule has 1 N–H and O–H groups in total. The van der Waals surface area contributed by atoms with Crippen LogP contribution in [0.4, 0.5) is 0 Å². The number of benzene rings is 1. The lowest BCUT2D eigenvalue weighted by Gasteiger charge is -2.34. The molecule has 0 heterocycles. The van der Waals surface area contributed by atoms with E-state index in [1.54, 1.807) is 5.56 Å². The Labute approximate surface area is 125 Å². The van der Waals surface area contributed by atoms with Crippen molar-refractivity contribution >= 4 is 0 Å². The molecule has 20 heavy (non-hydrogen) atoms. The number of hydrogen-bond acceptors (Lipinski definition) is 1. The van der Waals surface area contributed by atoms with Crippen LogP contribution in [-0.4, -0.2) is 12.6 Å². The molecule has 1 nitrogen and oxygen atoms in total. The monoisotopic (exact) mass is 273 g/mol. The molecule has 1 saturated carbocycles. The van der Waals surface area contributed by atoms with E-state index in [1.165, 1.54) is 51.5 Å². The van der Waals surface area contributed by atoms with Gasteiger partial charge in [0.25, 0.3) is 0 Å². The zero-order valence-corrected chi connectivity index (χ0v) is 13.3. The maximum absolute atomic E-state index is 3.79. The molecule has 0 amide bonds. The summed E-state index contributed by atoms with van der Waals surface area (Å²) in [7, 11) is 0. The van der Waals surface area contributed by atoms with Crippen molar-refractivity contribution in [2.24, 2.45) is 5.92 Å². The lowest BCUT2D eigenvalue weighted by atomic mass is 9.75. The number of nitrogens with one attached hydrogen (secondary N) is 1. The number of hydrogen-bond donors (Lipinski definition) is 1. The molecule has 0 aromatic heterocycles. The highest BCUT2D eigenvalue weighted by atomic mass is 14.9. The van der Waals surface area contributed by atoms with Gasteiger partial charge in [-0.3, -0.25) is 0 Å². The van der Waals surface area contributed by atoms with E-state index in [0.29, 0.717) is 0 Å². The van der Waals surface area contributed by atoms with Crippen molar-refractivity contribution < 1.29 is 0 Å². The molecule has 1 heteroatoms. The molecule has 112 valence electrons. The maximum Gasteiger partial charge on any atom is 0.00952 e. The smallest absolute Gasteiger partial charge is 0.00952 e. The lowest BCUT2D eigenvalue weighted by Crippen LogP contribution is -2.38. The summed E-state index contributed by atoms with van der Waals surface area (Å²) in [6.07, 6.45) is 9.47. The molecule has 0 bridgehead atoms. The largest absolute Gasteiger partial charge is 0.314 e. The highest BCUT2D eigenvalue weighted by molar-refractivity contribution is 5.19. The third kappa shape index (κ3) is 4.34. The lowest BCUT2D eigenvalue weighted by molar-refractivity contribution is 0.241. The van der Waals surface area contributed by atoms with E-state index in [2.05, 4.69) is 49.5 Å². The molecule has 1 atom stereocenters. The van der Waals surface area contributed by atoms with Crippen molar-refractivity contribution in [3.8, 4) is 0 Å². The SMILES string of the molecule is CCCNC(CCC)C1CCC(c2ccccc2)CC1. The highest BCUT2D eigenvalue weighted by Crippen LogP contribution is 2.37. The zero-order chi connectivity index (χ0) is 14.2. The van der Waals surface area contributed by atoms with Gasteiger partial charge in [0.15, 0.2) is 0 Å². The summed E-state index contributed by atoms with van der Waals surface area (Å²) in [6, 6.07) is 11.9. The van der Waals surface area contributed by atoms with E-state index in [-0.39, 0.29) is 0 Å². The fourth-order valence-electron chi connectivity index (χ4n) is 3.73. The summed E-state index contributed by atoms with van der Waals surface area (Å²) in [5.74, 6) is 1.71. The van der Waals surface area contributed by atoms with Crippen LogP contribution in [0.5, 0.6) is 0 Å². The van der Waals surface area contributed by atoms with Crippen molar-refractivity contribution in [2.45, 2.75) is 70.8 Å². The van der Waals surface area contributed by atoms with Gasteiger partial charge < -0.3 is 5.32 Å². The Morgan fingerprint density at radius 1 is 1.00 bits per heavy atom. The Hall–Kier alpha value is -0.820. The molecule has 0 aliphatic heterocycles. The summed E-state index contributed by atoms with van der Waals surface area (Å²) in [5.41, 5.74) is 1.56. The van der Waals surface area contributed by atoms with Gasteiger partial charge in [0.1, 0.15) is 0 Å². The van der Waals surface area contributed by atoms with E-state index in [4.69, 9.17) is 0 Å². The van der Waals surface area contributed by atoms with E-state index in [0.717, 1.165) is 17.9 Å². The Morgan fingerprint density at radius 3 is 2.30 bits per heavy atom. The highest BCUT2D eigenvalue weighted by Gasteiger charge is 2.27. The predicted molar refractivity (Wildman–Crippen MR) is 88.1 cm³/mol. The topological polar surface area (TPSA) is 12.0 Å². The number of rotatable bonds is 7. The standard InChI is InChI=1S/C19H31N/c1-3-8-19(20-15-4-2)18-13-11-17(12-14-18)16-9-6-5-7-10-16/h5-7,9-10,17-20H,3-4,8,11-15H2,1-2H3. The van der Waals surface area contributed by atoms with Gasteiger partial charge in [-0.25, -0.2) is 0 Å². The molecule has 0 spiro atoms. The first-order chi connectivity index (χ1) is 9.85. The molecule has 1 aliphatic carbocycles. The van der Waals surface area contributed by atoms with Gasteiger partial charge in [-0.2, -0.15) is 0 Å². The van der Waals surface area contributed by atoms with Crippen LogP contribution in [-0.2, 0) is 0 Å². The summed E-state index contributed by atoms with van der Waals surface area (Å²) in [6.45, 7) is 5.77. The van der Waals surface area contributed by atoms with Crippen molar-refractivity contribution in [3.63, 3.8) is 0 Å². The molecule has 1 aliphatic rings. The van der Waals surface area contributed by atoms with E-state index in [1.807, 2.05) is 0 Å². The molecule has 2 rings (SSSR count). The Kier molecular flexibility index (Phi) is 6.59. The third-order valence-electron chi connectivity index (χ3n) is 4.87. The van der Waals surface area contributed by atoms with E-state index < -0.39 is 0 Å². The fourth-order valence-corrected chi connectivity index (χ4v) is 3.73. The van der Waals surface area contributed by atoms with Crippen molar-refractivity contribution in [1.82, 2.24) is 5.32 Å². The van der Waals surface area contributed by atoms with Gasteiger partial charge in [0.2, 0.25) is 0 Å². The van der Waals surface area contributed by atoms with Crippen LogP contribution in [0.15, 0.2) is 30.3 Å². The molecular weight excluding hydrogens is 242 g/mol. The first-order valence-corrected chi connectivity index (χ1v) is 8.63. The average molecular weight is 273 g/mol. The second-order valence-electron chi connectivity index (χ2n) is 6.37. The average Bonchev–Trinajstić information content (AvgIpc) is 2.52. The molecule has 1 unspecified atom stereocenters. The van der Waals surface area contributed by atoms with E-state index in [9.17, 15) is 0 Å². The van der Waals surface area contributed by atoms with Crippen LogP contribution in [0.3, 0.4) is 0 Å². The first kappa shape index (κ1) is 15.6. The van der Waals surface area contributed by atoms with Crippen molar-refractivity contribution in [3.05, 3.63) is 35.9 Å². The van der Waals surface area contributed by atoms with Gasteiger partial charge >= 0.3 is 0 Å². The molecule has 1 aromatic carbocycles. The normalized spacial score (nSPS) is 24.5. The second-order valence-corrected chi connectivity index (χ2v) is 6.37. The molecule has 1 fully saturated rings. The van der Waals surface area contributed by atoms with Crippen LogP contribution >= 0.6 is 0 Å². The quantitative estimate of drug-likeness (QED) is 0.726. The zero-order valence-electron chi connectivity index (χ0n) is 13.3. The van der Waals surface area contributed by atoms with Crippen molar-refractivity contribution in [1.29, 1.82) is 0 Å². The van der Waals surface area contributed by atoms with Crippen LogP contribution in [0, 0.1) is 5.92 Å². The van der Waals surface area contributed by atoms with E-state index >= 15 is 0 Å². The minimum absolute atomic E-state index is 0.761. The molecule has 0 saturated heterocycles. The van der Waals surface area contributed by atoms with Gasteiger partial charge in [-0.15, -0.1) is 0 Å². The Morgan fingerprint density at radius 2 is 1.70 bits per heavy atom. The maximum atomic E-state index is 3.79. The van der Waals surface area contributed by atoms with Gasteiger partial charge in [-0.1, -0.05) is 50.6 Å². The Bertz CT molecular complexity index is 351.